The lowest BCUT2D eigenvalue weighted by molar-refractivity contribution is -0.861. The summed E-state index contributed by atoms with van der Waals surface area (Å²) in [6, 6.07) is 5.06. The largest absolute Gasteiger partial charge is 0.454 e. The van der Waals surface area contributed by atoms with E-state index < -0.39 is 0 Å². The molecule has 1 aromatic rings. The minimum atomic E-state index is -0.331. The third kappa shape index (κ3) is 2.92. The van der Waals surface area contributed by atoms with Gasteiger partial charge >= 0.3 is 5.97 Å². The van der Waals surface area contributed by atoms with Gasteiger partial charge in [0.1, 0.15) is 12.6 Å². The first-order valence-electron chi connectivity index (χ1n) is 5.96. The summed E-state index contributed by atoms with van der Waals surface area (Å²) in [5.41, 5.74) is 0.486. The molecule has 2 rings (SSSR count). The van der Waals surface area contributed by atoms with Gasteiger partial charge in [0.15, 0.2) is 11.5 Å². The number of esters is 1. The second-order valence-corrected chi connectivity index (χ2v) is 4.70. The normalized spacial score (nSPS) is 14.7. The second-order valence-electron chi connectivity index (χ2n) is 4.70. The van der Waals surface area contributed by atoms with E-state index in [9.17, 15) is 4.79 Å². The maximum Gasteiger partial charge on any atom is 0.338 e. The molecule has 1 heterocycles. The third-order valence-electron chi connectivity index (χ3n) is 2.61. The topological polar surface area (TPSA) is 49.2 Å². The summed E-state index contributed by atoms with van der Waals surface area (Å²) in [5, 5.41) is 0. The molecule has 5 nitrogen and oxygen atoms in total. The fourth-order valence-corrected chi connectivity index (χ4v) is 1.89. The number of hydrogen-bond donors (Lipinski definition) is 1. The first-order chi connectivity index (χ1) is 8.56. The van der Waals surface area contributed by atoms with Crippen molar-refractivity contribution in [2.24, 2.45) is 0 Å². The molecule has 98 valence electrons. The average Bonchev–Trinajstić information content (AvgIpc) is 2.74. The Morgan fingerprint density at radius 3 is 2.83 bits per heavy atom. The fourth-order valence-electron chi connectivity index (χ4n) is 1.89. The van der Waals surface area contributed by atoms with E-state index in [0.717, 1.165) is 6.54 Å². The summed E-state index contributed by atoms with van der Waals surface area (Å²) < 4.78 is 15.8. The van der Waals surface area contributed by atoms with Gasteiger partial charge in [0.25, 0.3) is 0 Å². The number of carbonyl (C=O) groups is 1. The van der Waals surface area contributed by atoms with Gasteiger partial charge in [-0.3, -0.25) is 0 Å². The first kappa shape index (κ1) is 12.7. The van der Waals surface area contributed by atoms with Gasteiger partial charge in [0.2, 0.25) is 6.79 Å². The number of hydrogen-bond acceptors (Lipinski definition) is 4. The van der Waals surface area contributed by atoms with Crippen LogP contribution in [0.3, 0.4) is 0 Å². The minimum Gasteiger partial charge on any atom is -0.454 e. The zero-order chi connectivity index (χ0) is 13.1. The molecule has 18 heavy (non-hydrogen) atoms. The molecular weight excluding hydrogens is 234 g/mol. The molecule has 0 aliphatic carbocycles. The lowest BCUT2D eigenvalue weighted by atomic mass is 10.2. The monoisotopic (exact) mass is 252 g/mol. The zero-order valence-corrected chi connectivity index (χ0v) is 10.9. The van der Waals surface area contributed by atoms with Gasteiger partial charge < -0.3 is 19.1 Å². The second kappa shape index (κ2) is 5.27. The number of likely N-dealkylation sites (N-methyl/N-ethyl adjacent to an activating group) is 1. The van der Waals surface area contributed by atoms with Gasteiger partial charge in [0.05, 0.1) is 19.7 Å². The summed E-state index contributed by atoms with van der Waals surface area (Å²) >= 11 is 0. The molecule has 0 fully saturated rings. The number of ether oxygens (including phenoxy) is 3. The predicted molar refractivity (Wildman–Crippen MR) is 65.1 cm³/mol. The molecule has 0 aromatic heterocycles. The highest BCUT2D eigenvalue weighted by molar-refractivity contribution is 5.90. The third-order valence-corrected chi connectivity index (χ3v) is 2.61. The van der Waals surface area contributed by atoms with Crippen molar-refractivity contribution >= 4 is 5.97 Å². The summed E-state index contributed by atoms with van der Waals surface area (Å²) in [6.07, 6.45) is -0.118. The Balaban J connectivity index is 2.01. The highest BCUT2D eigenvalue weighted by Gasteiger charge is 2.19. The molecule has 5 heteroatoms. The molecule has 0 radical (unpaired) electrons. The van der Waals surface area contributed by atoms with Crippen molar-refractivity contribution in [3.8, 4) is 11.5 Å². The van der Waals surface area contributed by atoms with E-state index in [0.29, 0.717) is 17.1 Å². The summed E-state index contributed by atoms with van der Waals surface area (Å²) in [4.78, 5) is 13.1. The maximum atomic E-state index is 11.9. The lowest BCUT2D eigenvalue weighted by Crippen LogP contribution is -3.06. The van der Waals surface area contributed by atoms with Crippen molar-refractivity contribution in [1.82, 2.24) is 0 Å². The van der Waals surface area contributed by atoms with Crippen LogP contribution in [-0.2, 0) is 4.74 Å². The van der Waals surface area contributed by atoms with Crippen molar-refractivity contribution in [2.45, 2.75) is 13.0 Å². The number of quaternary nitrogens is 1. The van der Waals surface area contributed by atoms with E-state index in [1.165, 1.54) is 4.90 Å². The van der Waals surface area contributed by atoms with E-state index in [-0.39, 0.29) is 18.9 Å². The molecule has 1 aliphatic rings. The van der Waals surface area contributed by atoms with Gasteiger partial charge in [0, 0.05) is 0 Å². The molecule has 0 bridgehead atoms. The van der Waals surface area contributed by atoms with Gasteiger partial charge in [-0.05, 0) is 25.1 Å². The Bertz CT molecular complexity index is 445. The van der Waals surface area contributed by atoms with Crippen LogP contribution >= 0.6 is 0 Å². The standard InChI is InChI=1S/C13H17NO4/c1-9(7-14(2)3)18-13(15)10-4-5-11-12(6-10)17-8-16-11/h4-6,9H,7-8H2,1-3H3/p+1. The maximum absolute atomic E-state index is 11.9. The van der Waals surface area contributed by atoms with Gasteiger partial charge in [-0.25, -0.2) is 4.79 Å². The average molecular weight is 252 g/mol. The zero-order valence-electron chi connectivity index (χ0n) is 10.9. The summed E-state index contributed by atoms with van der Waals surface area (Å²) in [6.45, 7) is 2.86. The summed E-state index contributed by atoms with van der Waals surface area (Å²) in [7, 11) is 4.04. The molecule has 0 saturated heterocycles. The number of carbonyl (C=O) groups excluding carboxylic acids is 1. The van der Waals surface area contributed by atoms with Crippen molar-refractivity contribution in [3.05, 3.63) is 23.8 Å². The summed E-state index contributed by atoms with van der Waals surface area (Å²) in [5.74, 6) is 0.926. The molecular formula is C13H18NO4+. The Morgan fingerprint density at radius 2 is 2.11 bits per heavy atom. The molecule has 0 amide bonds. The van der Waals surface area contributed by atoms with E-state index >= 15 is 0 Å². The predicted octanol–water partition coefficient (Wildman–Crippen LogP) is 0.105. The quantitative estimate of drug-likeness (QED) is 0.772. The van der Waals surface area contributed by atoms with Gasteiger partial charge in [-0.1, -0.05) is 0 Å². The molecule has 1 aliphatic heterocycles. The van der Waals surface area contributed by atoms with Crippen molar-refractivity contribution in [1.29, 1.82) is 0 Å². The van der Waals surface area contributed by atoms with Crippen LogP contribution in [0.25, 0.3) is 0 Å². The van der Waals surface area contributed by atoms with Gasteiger partial charge in [-0.2, -0.15) is 0 Å². The first-order valence-corrected chi connectivity index (χ1v) is 5.96. The SMILES string of the molecule is CC(C[NH+](C)C)OC(=O)c1ccc2c(c1)OCO2. The van der Waals surface area contributed by atoms with E-state index in [1.54, 1.807) is 18.2 Å². The fraction of sp³-hybridized carbons (Fsp3) is 0.462. The van der Waals surface area contributed by atoms with Crippen molar-refractivity contribution in [2.75, 3.05) is 27.4 Å². The van der Waals surface area contributed by atoms with Crippen LogP contribution in [0.5, 0.6) is 11.5 Å². The molecule has 0 saturated carbocycles. The van der Waals surface area contributed by atoms with Crippen LogP contribution in [-0.4, -0.2) is 39.5 Å². The minimum absolute atomic E-state index is 0.118. The molecule has 0 spiro atoms. The van der Waals surface area contributed by atoms with E-state index in [4.69, 9.17) is 14.2 Å². The lowest BCUT2D eigenvalue weighted by Gasteiger charge is -2.15. The Kier molecular flexibility index (Phi) is 3.72. The molecule has 1 unspecified atom stereocenters. The molecule has 1 aromatic carbocycles. The smallest absolute Gasteiger partial charge is 0.338 e. The van der Waals surface area contributed by atoms with Crippen LogP contribution in [0, 0.1) is 0 Å². The molecule has 1 N–H and O–H groups in total. The highest BCUT2D eigenvalue weighted by atomic mass is 16.7. The van der Waals surface area contributed by atoms with Crippen LogP contribution < -0.4 is 14.4 Å². The number of fused-ring (bicyclic) bond motifs is 1. The Hall–Kier alpha value is -1.75. The Labute approximate surface area is 106 Å². The van der Waals surface area contributed by atoms with Crippen LogP contribution in [0.1, 0.15) is 17.3 Å². The van der Waals surface area contributed by atoms with Crippen molar-refractivity contribution in [3.63, 3.8) is 0 Å². The van der Waals surface area contributed by atoms with Crippen LogP contribution in [0.4, 0.5) is 0 Å². The number of rotatable bonds is 4. The highest BCUT2D eigenvalue weighted by Crippen LogP contribution is 2.32. The molecule has 1 atom stereocenters. The van der Waals surface area contributed by atoms with Crippen molar-refractivity contribution < 1.29 is 23.9 Å². The van der Waals surface area contributed by atoms with Crippen LogP contribution in [0.15, 0.2) is 18.2 Å². The Morgan fingerprint density at radius 1 is 1.39 bits per heavy atom. The van der Waals surface area contributed by atoms with Crippen LogP contribution in [0.2, 0.25) is 0 Å². The van der Waals surface area contributed by atoms with Gasteiger partial charge in [-0.15, -0.1) is 0 Å². The number of nitrogens with one attached hydrogen (secondary N) is 1. The van der Waals surface area contributed by atoms with E-state index in [2.05, 4.69) is 0 Å². The number of benzene rings is 1. The van der Waals surface area contributed by atoms with E-state index in [1.807, 2.05) is 21.0 Å².